The van der Waals surface area contributed by atoms with Crippen LogP contribution in [0.2, 0.25) is 0 Å². The van der Waals surface area contributed by atoms with Crippen LogP contribution in [-0.2, 0) is 11.2 Å². The monoisotopic (exact) mass is 400 g/mol. The van der Waals surface area contributed by atoms with E-state index in [0.717, 1.165) is 43.9 Å². The topological polar surface area (TPSA) is 75.5 Å². The number of ether oxygens (including phenoxy) is 2. The molecular weight excluding hydrogens is 370 g/mol. The van der Waals surface area contributed by atoms with Crippen molar-refractivity contribution in [2.45, 2.75) is 6.42 Å². The van der Waals surface area contributed by atoms with E-state index in [0.29, 0.717) is 30.3 Å². The van der Waals surface area contributed by atoms with Gasteiger partial charge in [-0.3, -0.25) is 4.79 Å². The fraction of sp³-hybridized carbons (Fsp3) is 0.409. The number of phenolic OH excluding ortho intramolecular Hbond substituents is 1. The van der Waals surface area contributed by atoms with Crippen molar-refractivity contribution in [2.24, 2.45) is 0 Å². The minimum atomic E-state index is 0.0662. The number of rotatable bonds is 8. The Morgan fingerprint density at radius 1 is 1.10 bits per heavy atom. The van der Waals surface area contributed by atoms with Crippen molar-refractivity contribution >= 4 is 11.6 Å². The Bertz CT molecular complexity index is 819. The number of benzene rings is 2. The zero-order chi connectivity index (χ0) is 20.6. The van der Waals surface area contributed by atoms with Crippen LogP contribution in [0, 0.1) is 0 Å². The van der Waals surface area contributed by atoms with Crippen molar-refractivity contribution < 1.29 is 24.3 Å². The molecule has 29 heavy (non-hydrogen) atoms. The van der Waals surface area contributed by atoms with E-state index in [1.54, 1.807) is 20.3 Å². The van der Waals surface area contributed by atoms with Crippen LogP contribution in [0.3, 0.4) is 0 Å². The standard InChI is InChI=1S/C22H29N3O4/c1-28-20-8-7-17(15-21(20)29-2)9-10-23-22(27)16-24-11-13-25(14-12-24)18-5-3-4-6-19(18)26/h3-8,15,26H,9-14,16H2,1-2H3,(H,23,27)/p+1. The number of nitrogens with one attached hydrogen (secondary N) is 2. The first-order valence-corrected chi connectivity index (χ1v) is 9.95. The Labute approximate surface area is 171 Å². The number of hydrogen-bond acceptors (Lipinski definition) is 5. The molecule has 0 radical (unpaired) electrons. The predicted octanol–water partition coefficient (Wildman–Crippen LogP) is 0.473. The number of amides is 1. The van der Waals surface area contributed by atoms with E-state index in [4.69, 9.17) is 9.47 Å². The molecule has 2 aromatic rings. The maximum Gasteiger partial charge on any atom is 0.275 e. The fourth-order valence-electron chi connectivity index (χ4n) is 3.64. The van der Waals surface area contributed by atoms with Gasteiger partial charge in [0.25, 0.3) is 5.91 Å². The third-order valence-corrected chi connectivity index (χ3v) is 5.29. The summed E-state index contributed by atoms with van der Waals surface area (Å²) in [5, 5.41) is 13.0. The molecule has 1 fully saturated rings. The predicted molar refractivity (Wildman–Crippen MR) is 112 cm³/mol. The van der Waals surface area contributed by atoms with Crippen molar-refractivity contribution in [1.29, 1.82) is 0 Å². The summed E-state index contributed by atoms with van der Waals surface area (Å²) in [6, 6.07) is 13.2. The maximum atomic E-state index is 12.3. The van der Waals surface area contributed by atoms with Gasteiger partial charge >= 0.3 is 0 Å². The van der Waals surface area contributed by atoms with Crippen molar-refractivity contribution in [1.82, 2.24) is 5.32 Å². The van der Waals surface area contributed by atoms with E-state index in [1.165, 1.54) is 4.90 Å². The molecule has 1 aliphatic heterocycles. The van der Waals surface area contributed by atoms with E-state index >= 15 is 0 Å². The molecule has 1 amide bonds. The summed E-state index contributed by atoms with van der Waals surface area (Å²) in [4.78, 5) is 15.7. The molecule has 1 heterocycles. The van der Waals surface area contributed by atoms with E-state index in [-0.39, 0.29) is 5.91 Å². The van der Waals surface area contributed by atoms with Crippen molar-refractivity contribution in [3.63, 3.8) is 0 Å². The largest absolute Gasteiger partial charge is 0.506 e. The molecule has 1 aliphatic rings. The van der Waals surface area contributed by atoms with Crippen LogP contribution in [0.15, 0.2) is 42.5 Å². The number of piperazine rings is 1. The van der Waals surface area contributed by atoms with Crippen LogP contribution in [0.1, 0.15) is 5.56 Å². The van der Waals surface area contributed by atoms with Crippen LogP contribution in [-0.4, -0.2) is 64.5 Å². The lowest BCUT2D eigenvalue weighted by Crippen LogP contribution is -3.16. The third kappa shape index (κ3) is 5.54. The third-order valence-electron chi connectivity index (χ3n) is 5.29. The Balaban J connectivity index is 1.40. The van der Waals surface area contributed by atoms with Gasteiger partial charge in [0, 0.05) is 6.54 Å². The molecular formula is C22H30N3O4+. The number of hydrogen-bond donors (Lipinski definition) is 3. The highest BCUT2D eigenvalue weighted by atomic mass is 16.5. The summed E-state index contributed by atoms with van der Waals surface area (Å²) in [7, 11) is 3.23. The van der Waals surface area contributed by atoms with Gasteiger partial charge in [-0.05, 0) is 36.2 Å². The molecule has 0 saturated carbocycles. The van der Waals surface area contributed by atoms with Gasteiger partial charge in [0.1, 0.15) is 5.75 Å². The van der Waals surface area contributed by atoms with Gasteiger partial charge in [0.05, 0.1) is 46.1 Å². The normalized spacial score (nSPS) is 14.5. The second kappa shape index (κ2) is 10.0. The minimum Gasteiger partial charge on any atom is -0.506 e. The number of aromatic hydroxyl groups is 1. The maximum absolute atomic E-state index is 12.3. The van der Waals surface area contributed by atoms with Gasteiger partial charge in [-0.25, -0.2) is 0 Å². The Morgan fingerprint density at radius 2 is 1.83 bits per heavy atom. The smallest absolute Gasteiger partial charge is 0.275 e. The lowest BCUT2D eigenvalue weighted by Gasteiger charge is -2.33. The number of methoxy groups -OCH3 is 2. The average molecular weight is 400 g/mol. The summed E-state index contributed by atoms with van der Waals surface area (Å²) in [6.45, 7) is 4.46. The summed E-state index contributed by atoms with van der Waals surface area (Å²) >= 11 is 0. The summed E-state index contributed by atoms with van der Waals surface area (Å²) in [5.74, 6) is 1.77. The van der Waals surface area contributed by atoms with E-state index in [2.05, 4.69) is 10.2 Å². The van der Waals surface area contributed by atoms with Crippen LogP contribution in [0.5, 0.6) is 17.2 Å². The van der Waals surface area contributed by atoms with Crippen LogP contribution in [0.25, 0.3) is 0 Å². The number of quaternary nitrogens is 1. The minimum absolute atomic E-state index is 0.0662. The summed E-state index contributed by atoms with van der Waals surface area (Å²) in [5.41, 5.74) is 1.96. The number of nitrogens with zero attached hydrogens (tertiary/aromatic N) is 1. The molecule has 3 N–H and O–H groups in total. The molecule has 0 aliphatic carbocycles. The molecule has 7 nitrogen and oxygen atoms in total. The lowest BCUT2D eigenvalue weighted by atomic mass is 10.1. The number of para-hydroxylation sites is 2. The highest BCUT2D eigenvalue weighted by Crippen LogP contribution is 2.27. The first-order chi connectivity index (χ1) is 14.1. The van der Waals surface area contributed by atoms with Crippen molar-refractivity contribution in [2.75, 3.05) is 58.4 Å². The van der Waals surface area contributed by atoms with Crippen LogP contribution >= 0.6 is 0 Å². The molecule has 3 rings (SSSR count). The average Bonchev–Trinajstić information content (AvgIpc) is 2.74. The van der Waals surface area contributed by atoms with Gasteiger partial charge in [-0.1, -0.05) is 18.2 Å². The zero-order valence-corrected chi connectivity index (χ0v) is 17.1. The molecule has 156 valence electrons. The number of phenols is 1. The first kappa shape index (κ1) is 20.8. The second-order valence-electron chi connectivity index (χ2n) is 7.19. The Hall–Kier alpha value is -2.93. The van der Waals surface area contributed by atoms with E-state index in [9.17, 15) is 9.90 Å². The molecule has 0 unspecified atom stereocenters. The van der Waals surface area contributed by atoms with Gasteiger partial charge in [0.15, 0.2) is 18.0 Å². The SMILES string of the molecule is COc1ccc(CCNC(=O)C[NH+]2CCN(c3ccccc3O)CC2)cc1OC. The van der Waals surface area contributed by atoms with Crippen molar-refractivity contribution in [3.8, 4) is 17.2 Å². The van der Waals surface area contributed by atoms with Gasteiger partial charge < -0.3 is 29.7 Å². The van der Waals surface area contributed by atoms with E-state index < -0.39 is 0 Å². The number of carbonyl (C=O) groups is 1. The highest BCUT2D eigenvalue weighted by Gasteiger charge is 2.23. The Morgan fingerprint density at radius 3 is 2.52 bits per heavy atom. The van der Waals surface area contributed by atoms with Crippen LogP contribution in [0.4, 0.5) is 5.69 Å². The van der Waals surface area contributed by atoms with Crippen molar-refractivity contribution in [3.05, 3.63) is 48.0 Å². The fourth-order valence-corrected chi connectivity index (χ4v) is 3.64. The molecule has 1 saturated heterocycles. The molecule has 0 aromatic heterocycles. The molecule has 2 aromatic carbocycles. The van der Waals surface area contributed by atoms with Gasteiger partial charge in [-0.15, -0.1) is 0 Å². The Kier molecular flexibility index (Phi) is 7.19. The second-order valence-corrected chi connectivity index (χ2v) is 7.19. The molecule has 0 atom stereocenters. The number of anilines is 1. The van der Waals surface area contributed by atoms with Crippen LogP contribution < -0.4 is 24.6 Å². The van der Waals surface area contributed by atoms with Gasteiger partial charge in [-0.2, -0.15) is 0 Å². The zero-order valence-electron chi connectivity index (χ0n) is 17.1. The van der Waals surface area contributed by atoms with E-state index in [1.807, 2.05) is 36.4 Å². The summed E-state index contributed by atoms with van der Waals surface area (Å²) in [6.07, 6.45) is 0.739. The van der Waals surface area contributed by atoms with Gasteiger partial charge in [0.2, 0.25) is 0 Å². The highest BCUT2D eigenvalue weighted by molar-refractivity contribution is 5.76. The number of carbonyl (C=O) groups excluding carboxylic acids is 1. The molecule has 7 heteroatoms. The molecule has 0 bridgehead atoms. The molecule has 0 spiro atoms. The first-order valence-electron chi connectivity index (χ1n) is 9.95. The lowest BCUT2D eigenvalue weighted by molar-refractivity contribution is -0.892. The summed E-state index contributed by atoms with van der Waals surface area (Å²) < 4.78 is 10.6. The quantitative estimate of drug-likeness (QED) is 0.601.